The summed E-state index contributed by atoms with van der Waals surface area (Å²) in [5.74, 6) is 0. The van der Waals surface area contributed by atoms with E-state index in [4.69, 9.17) is 5.73 Å². The van der Waals surface area contributed by atoms with Crippen LogP contribution in [-0.4, -0.2) is 0 Å². The van der Waals surface area contributed by atoms with E-state index in [2.05, 4.69) is 29.6 Å². The number of nitrogens with two attached hydrogens (primary N) is 1. The van der Waals surface area contributed by atoms with Gasteiger partial charge in [0.1, 0.15) is 0 Å². The fraction of sp³-hybridized carbons (Fsp3) is 0.200. The van der Waals surface area contributed by atoms with E-state index in [0.717, 1.165) is 0 Å². The van der Waals surface area contributed by atoms with Crippen LogP contribution in [0.2, 0.25) is 0 Å². The van der Waals surface area contributed by atoms with E-state index in [9.17, 15) is 0 Å². The Hall–Kier alpha value is -0.640. The molecule has 0 unspecified atom stereocenters. The minimum absolute atomic E-state index is 0.152. The Morgan fingerprint density at radius 2 is 2.08 bits per heavy atom. The third-order valence-corrected chi connectivity index (χ3v) is 4.19. The minimum atomic E-state index is 0.152. The van der Waals surface area contributed by atoms with Crippen molar-refractivity contribution < 1.29 is 0 Å². The summed E-state index contributed by atoms with van der Waals surface area (Å²) in [6.45, 7) is 2.02. The van der Waals surface area contributed by atoms with E-state index in [0.29, 0.717) is 0 Å². The third kappa shape index (κ3) is 1.82. The maximum atomic E-state index is 5.79. The molecule has 68 valence electrons. The highest BCUT2D eigenvalue weighted by Crippen LogP contribution is 2.33. The molecule has 0 spiro atoms. The number of hydrogen-bond acceptors (Lipinski definition) is 3. The number of hydrogen-bond donors (Lipinski definition) is 1. The average molecular weight is 209 g/mol. The van der Waals surface area contributed by atoms with E-state index >= 15 is 0 Å². The normalized spacial score (nSPS) is 13.1. The standard InChI is InChI=1S/C10H11NS2/c1-7(11)8-4-5-10(13-8)9-3-2-6-12-9/h2-7H,11H2,1H3/t7-/m0/s1. The van der Waals surface area contributed by atoms with Crippen LogP contribution in [0.25, 0.3) is 9.75 Å². The van der Waals surface area contributed by atoms with Crippen LogP contribution in [0.15, 0.2) is 29.6 Å². The van der Waals surface area contributed by atoms with E-state index in [1.54, 1.807) is 22.7 Å². The molecule has 13 heavy (non-hydrogen) atoms. The lowest BCUT2D eigenvalue weighted by molar-refractivity contribution is 0.838. The van der Waals surface area contributed by atoms with Gasteiger partial charge in [-0.05, 0) is 30.5 Å². The van der Waals surface area contributed by atoms with Gasteiger partial charge in [0, 0.05) is 20.7 Å². The first-order valence-electron chi connectivity index (χ1n) is 4.16. The van der Waals surface area contributed by atoms with Crippen molar-refractivity contribution in [1.29, 1.82) is 0 Å². The molecule has 2 N–H and O–H groups in total. The zero-order chi connectivity index (χ0) is 9.26. The molecule has 0 saturated heterocycles. The highest BCUT2D eigenvalue weighted by molar-refractivity contribution is 7.21. The summed E-state index contributed by atoms with van der Waals surface area (Å²) in [6, 6.07) is 8.63. The van der Waals surface area contributed by atoms with Crippen molar-refractivity contribution in [3.05, 3.63) is 34.5 Å². The first-order chi connectivity index (χ1) is 6.27. The lowest BCUT2D eigenvalue weighted by Crippen LogP contribution is -2.01. The molecule has 2 heterocycles. The van der Waals surface area contributed by atoms with Crippen molar-refractivity contribution in [3.63, 3.8) is 0 Å². The van der Waals surface area contributed by atoms with E-state index in [1.165, 1.54) is 14.6 Å². The van der Waals surface area contributed by atoms with Crippen LogP contribution < -0.4 is 5.73 Å². The number of thiophene rings is 2. The van der Waals surface area contributed by atoms with Crippen molar-refractivity contribution in [2.45, 2.75) is 13.0 Å². The molecule has 0 aliphatic rings. The van der Waals surface area contributed by atoms with Gasteiger partial charge in [-0.1, -0.05) is 6.07 Å². The first-order valence-corrected chi connectivity index (χ1v) is 5.86. The summed E-state index contributed by atoms with van der Waals surface area (Å²) in [6.07, 6.45) is 0. The molecule has 0 bridgehead atoms. The van der Waals surface area contributed by atoms with Gasteiger partial charge in [-0.2, -0.15) is 0 Å². The SMILES string of the molecule is C[C@H](N)c1ccc(-c2cccs2)s1. The van der Waals surface area contributed by atoms with Crippen molar-refractivity contribution >= 4 is 22.7 Å². The fourth-order valence-electron chi connectivity index (χ4n) is 1.15. The van der Waals surface area contributed by atoms with Crippen LogP contribution in [0.5, 0.6) is 0 Å². The molecule has 2 aromatic rings. The molecule has 1 atom stereocenters. The largest absolute Gasteiger partial charge is 0.324 e. The molecular weight excluding hydrogens is 198 g/mol. The zero-order valence-corrected chi connectivity index (χ0v) is 8.99. The third-order valence-electron chi connectivity index (χ3n) is 1.84. The van der Waals surface area contributed by atoms with Crippen molar-refractivity contribution in [3.8, 4) is 9.75 Å². The quantitative estimate of drug-likeness (QED) is 0.805. The van der Waals surface area contributed by atoms with Crippen LogP contribution in [0.4, 0.5) is 0 Å². The van der Waals surface area contributed by atoms with E-state index in [-0.39, 0.29) is 6.04 Å². The first kappa shape index (κ1) is 8.94. The second-order valence-electron chi connectivity index (χ2n) is 2.97. The molecule has 0 fully saturated rings. The monoisotopic (exact) mass is 209 g/mol. The van der Waals surface area contributed by atoms with Gasteiger partial charge in [-0.25, -0.2) is 0 Å². The second-order valence-corrected chi connectivity index (χ2v) is 5.03. The molecule has 0 radical (unpaired) electrons. The van der Waals surface area contributed by atoms with E-state index < -0.39 is 0 Å². The predicted octanol–water partition coefficient (Wildman–Crippen LogP) is 3.50. The van der Waals surface area contributed by atoms with Gasteiger partial charge in [-0.15, -0.1) is 22.7 Å². The average Bonchev–Trinajstić information content (AvgIpc) is 2.75. The van der Waals surface area contributed by atoms with Gasteiger partial charge in [0.2, 0.25) is 0 Å². The maximum absolute atomic E-state index is 5.79. The van der Waals surface area contributed by atoms with Crippen LogP contribution >= 0.6 is 22.7 Å². The predicted molar refractivity (Wildman–Crippen MR) is 60.2 cm³/mol. The Morgan fingerprint density at radius 3 is 2.62 bits per heavy atom. The Balaban J connectivity index is 2.33. The van der Waals surface area contributed by atoms with Gasteiger partial charge in [0.05, 0.1) is 0 Å². The molecule has 2 aromatic heterocycles. The molecule has 0 aromatic carbocycles. The van der Waals surface area contributed by atoms with Crippen molar-refractivity contribution in [1.82, 2.24) is 0 Å². The van der Waals surface area contributed by atoms with Crippen molar-refractivity contribution in [2.24, 2.45) is 5.73 Å². The lowest BCUT2D eigenvalue weighted by atomic mass is 10.3. The Labute approximate surface area is 85.8 Å². The minimum Gasteiger partial charge on any atom is -0.324 e. The highest BCUT2D eigenvalue weighted by atomic mass is 32.1. The molecule has 2 rings (SSSR count). The summed E-state index contributed by atoms with van der Waals surface area (Å²) in [5, 5.41) is 2.10. The number of rotatable bonds is 2. The van der Waals surface area contributed by atoms with Crippen LogP contribution in [0.1, 0.15) is 17.8 Å². The lowest BCUT2D eigenvalue weighted by Gasteiger charge is -1.97. The summed E-state index contributed by atoms with van der Waals surface area (Å²) in [7, 11) is 0. The summed E-state index contributed by atoms with van der Waals surface area (Å²) in [4.78, 5) is 3.91. The van der Waals surface area contributed by atoms with Crippen LogP contribution in [0.3, 0.4) is 0 Å². The van der Waals surface area contributed by atoms with Gasteiger partial charge < -0.3 is 5.73 Å². The van der Waals surface area contributed by atoms with Gasteiger partial charge in [0.25, 0.3) is 0 Å². The molecule has 0 amide bonds. The second kappa shape index (κ2) is 3.62. The molecular formula is C10H11NS2. The molecule has 1 nitrogen and oxygen atoms in total. The highest BCUT2D eigenvalue weighted by Gasteiger charge is 2.05. The molecule has 0 aliphatic heterocycles. The summed E-state index contributed by atoms with van der Waals surface area (Å²) in [5.41, 5.74) is 5.79. The van der Waals surface area contributed by atoms with Gasteiger partial charge in [-0.3, -0.25) is 0 Å². The van der Waals surface area contributed by atoms with Gasteiger partial charge >= 0.3 is 0 Å². The molecule has 3 heteroatoms. The molecule has 0 aliphatic carbocycles. The summed E-state index contributed by atoms with van der Waals surface area (Å²) < 4.78 is 0. The smallest absolute Gasteiger partial charge is 0.0446 e. The Bertz CT molecular complexity index is 373. The Morgan fingerprint density at radius 1 is 1.23 bits per heavy atom. The van der Waals surface area contributed by atoms with E-state index in [1.807, 2.05) is 6.92 Å². The van der Waals surface area contributed by atoms with Crippen molar-refractivity contribution in [2.75, 3.05) is 0 Å². The Kier molecular flexibility index (Phi) is 2.49. The zero-order valence-electron chi connectivity index (χ0n) is 7.36. The summed E-state index contributed by atoms with van der Waals surface area (Å²) >= 11 is 3.55. The maximum Gasteiger partial charge on any atom is 0.0446 e. The molecule has 0 saturated carbocycles. The van der Waals surface area contributed by atoms with Crippen LogP contribution in [0, 0.1) is 0 Å². The topological polar surface area (TPSA) is 26.0 Å². The van der Waals surface area contributed by atoms with Crippen LogP contribution in [-0.2, 0) is 0 Å². The fourth-order valence-corrected chi connectivity index (χ4v) is 2.94. The van der Waals surface area contributed by atoms with Gasteiger partial charge in [0.15, 0.2) is 0 Å².